The second-order valence-electron chi connectivity index (χ2n) is 6.82. The van der Waals surface area contributed by atoms with Crippen molar-refractivity contribution in [2.45, 2.75) is 26.2 Å². The van der Waals surface area contributed by atoms with Crippen molar-refractivity contribution in [3.05, 3.63) is 56.9 Å². The van der Waals surface area contributed by atoms with Crippen LogP contribution < -0.4 is 0 Å². The SMILES string of the molecule is CCn1ncc(Cl)c1CN(C)C(=O)c1nn2c(C(F)(F)F)cc(-c3cccs3)nc2c1Cl. The number of carbonyl (C=O) groups is 1. The van der Waals surface area contributed by atoms with E-state index < -0.39 is 17.8 Å². The summed E-state index contributed by atoms with van der Waals surface area (Å²) in [6.45, 7) is 2.46. The summed E-state index contributed by atoms with van der Waals surface area (Å²) in [5.41, 5.74) is -0.999. The van der Waals surface area contributed by atoms with E-state index in [4.69, 9.17) is 23.2 Å². The van der Waals surface area contributed by atoms with Gasteiger partial charge in [0.1, 0.15) is 5.02 Å². The van der Waals surface area contributed by atoms with Gasteiger partial charge in [0.15, 0.2) is 17.0 Å². The zero-order valence-corrected chi connectivity index (χ0v) is 19.0. The molecule has 168 valence electrons. The zero-order valence-electron chi connectivity index (χ0n) is 16.7. The number of fused-ring (bicyclic) bond motifs is 1. The molecule has 0 saturated carbocycles. The average molecular weight is 503 g/mol. The first-order valence-corrected chi connectivity index (χ1v) is 10.9. The van der Waals surface area contributed by atoms with E-state index in [1.165, 1.54) is 29.5 Å². The van der Waals surface area contributed by atoms with Crippen molar-refractivity contribution in [3.63, 3.8) is 0 Å². The van der Waals surface area contributed by atoms with Crippen LogP contribution in [-0.2, 0) is 19.3 Å². The number of thiophene rings is 1. The molecule has 0 saturated heterocycles. The van der Waals surface area contributed by atoms with Crippen LogP contribution in [0.1, 0.15) is 28.8 Å². The zero-order chi connectivity index (χ0) is 23.2. The summed E-state index contributed by atoms with van der Waals surface area (Å²) in [7, 11) is 1.47. The van der Waals surface area contributed by atoms with Crippen LogP contribution in [-0.4, -0.2) is 42.2 Å². The molecule has 4 aromatic rings. The first-order valence-electron chi connectivity index (χ1n) is 9.27. The van der Waals surface area contributed by atoms with Gasteiger partial charge in [-0.05, 0) is 24.4 Å². The summed E-state index contributed by atoms with van der Waals surface area (Å²) in [5, 5.41) is 9.82. The molecule has 0 radical (unpaired) electrons. The number of halogens is 5. The fraction of sp³-hybridized carbons (Fsp3) is 0.263. The van der Waals surface area contributed by atoms with Crippen LogP contribution in [0.4, 0.5) is 13.2 Å². The molecule has 0 aliphatic rings. The number of hydrogen-bond donors (Lipinski definition) is 0. The minimum atomic E-state index is -4.74. The Morgan fingerprint density at radius 3 is 2.69 bits per heavy atom. The fourth-order valence-electron chi connectivity index (χ4n) is 3.18. The highest BCUT2D eigenvalue weighted by molar-refractivity contribution is 7.13. The summed E-state index contributed by atoms with van der Waals surface area (Å²) in [6, 6.07) is 4.24. The number of rotatable bonds is 5. The van der Waals surface area contributed by atoms with E-state index in [1.54, 1.807) is 22.2 Å². The summed E-state index contributed by atoms with van der Waals surface area (Å²) in [6.07, 6.45) is -3.28. The van der Waals surface area contributed by atoms with E-state index >= 15 is 0 Å². The van der Waals surface area contributed by atoms with Crippen molar-refractivity contribution in [2.75, 3.05) is 7.05 Å². The number of hydrogen-bond acceptors (Lipinski definition) is 5. The molecule has 4 aromatic heterocycles. The van der Waals surface area contributed by atoms with Gasteiger partial charge in [-0.1, -0.05) is 29.3 Å². The molecule has 0 atom stereocenters. The van der Waals surface area contributed by atoms with Crippen LogP contribution in [0.5, 0.6) is 0 Å². The number of nitrogens with zero attached hydrogens (tertiary/aromatic N) is 6. The van der Waals surface area contributed by atoms with Crippen molar-refractivity contribution in [1.82, 2.24) is 29.3 Å². The minimum absolute atomic E-state index is 0.0652. The largest absolute Gasteiger partial charge is 0.433 e. The molecule has 0 bridgehead atoms. The van der Waals surface area contributed by atoms with Crippen molar-refractivity contribution < 1.29 is 18.0 Å². The molecule has 0 aliphatic carbocycles. The normalized spacial score (nSPS) is 12.0. The highest BCUT2D eigenvalue weighted by atomic mass is 35.5. The van der Waals surface area contributed by atoms with Gasteiger partial charge in [-0.25, -0.2) is 9.50 Å². The molecule has 4 heterocycles. The van der Waals surface area contributed by atoms with Gasteiger partial charge in [0, 0.05) is 13.6 Å². The van der Waals surface area contributed by atoms with Crippen LogP contribution in [0.2, 0.25) is 10.0 Å². The lowest BCUT2D eigenvalue weighted by Gasteiger charge is -2.17. The van der Waals surface area contributed by atoms with E-state index in [2.05, 4.69) is 15.2 Å². The van der Waals surface area contributed by atoms with Crippen molar-refractivity contribution in [3.8, 4) is 10.6 Å². The average Bonchev–Trinajstić information content (AvgIpc) is 3.47. The van der Waals surface area contributed by atoms with E-state index in [0.717, 1.165) is 6.07 Å². The molecule has 0 spiro atoms. The predicted molar refractivity (Wildman–Crippen MR) is 115 cm³/mol. The van der Waals surface area contributed by atoms with Crippen LogP contribution in [0.3, 0.4) is 0 Å². The Kier molecular flexibility index (Phi) is 5.91. The Morgan fingerprint density at radius 1 is 1.31 bits per heavy atom. The molecular formula is C19H15Cl2F3N6OS. The molecule has 0 fully saturated rings. The van der Waals surface area contributed by atoms with Crippen molar-refractivity contribution >= 4 is 46.1 Å². The van der Waals surface area contributed by atoms with Gasteiger partial charge in [-0.3, -0.25) is 9.48 Å². The molecule has 13 heteroatoms. The van der Waals surface area contributed by atoms with Crippen LogP contribution in [0.15, 0.2) is 29.8 Å². The number of alkyl halides is 3. The predicted octanol–water partition coefficient (Wildman–Crippen LogP) is 5.27. The summed E-state index contributed by atoms with van der Waals surface area (Å²) in [4.78, 5) is 19.1. The van der Waals surface area contributed by atoms with Gasteiger partial charge < -0.3 is 4.90 Å². The summed E-state index contributed by atoms with van der Waals surface area (Å²) >= 11 is 13.7. The monoisotopic (exact) mass is 502 g/mol. The Hall–Kier alpha value is -2.63. The van der Waals surface area contributed by atoms with Gasteiger partial charge in [0.05, 0.1) is 34.0 Å². The van der Waals surface area contributed by atoms with E-state index in [0.29, 0.717) is 26.7 Å². The second-order valence-corrected chi connectivity index (χ2v) is 8.55. The first kappa shape index (κ1) is 22.6. The van der Waals surface area contributed by atoms with Gasteiger partial charge in [0.25, 0.3) is 5.91 Å². The molecule has 32 heavy (non-hydrogen) atoms. The lowest BCUT2D eigenvalue weighted by molar-refractivity contribution is -0.142. The van der Waals surface area contributed by atoms with E-state index in [1.807, 2.05) is 6.92 Å². The van der Waals surface area contributed by atoms with Crippen molar-refractivity contribution in [1.29, 1.82) is 0 Å². The highest BCUT2D eigenvalue weighted by Crippen LogP contribution is 2.35. The van der Waals surface area contributed by atoms with Crippen LogP contribution >= 0.6 is 34.5 Å². The molecular weight excluding hydrogens is 488 g/mol. The molecule has 7 nitrogen and oxygen atoms in total. The van der Waals surface area contributed by atoms with E-state index in [9.17, 15) is 18.0 Å². The van der Waals surface area contributed by atoms with E-state index in [-0.39, 0.29) is 28.6 Å². The molecule has 1 amide bonds. The van der Waals surface area contributed by atoms with Crippen molar-refractivity contribution in [2.24, 2.45) is 0 Å². The highest BCUT2D eigenvalue weighted by Gasteiger charge is 2.37. The lowest BCUT2D eigenvalue weighted by atomic mass is 10.2. The summed E-state index contributed by atoms with van der Waals surface area (Å²) in [5.74, 6) is -0.675. The van der Waals surface area contributed by atoms with Gasteiger partial charge in [-0.2, -0.15) is 23.4 Å². The fourth-order valence-corrected chi connectivity index (χ4v) is 4.30. The maximum absolute atomic E-state index is 13.8. The number of amides is 1. The third-order valence-electron chi connectivity index (χ3n) is 4.73. The number of aromatic nitrogens is 5. The molecule has 0 unspecified atom stereocenters. The Labute approximate surface area is 194 Å². The Balaban J connectivity index is 1.78. The third kappa shape index (κ3) is 3.96. The number of carbonyl (C=O) groups excluding carboxylic acids is 1. The Morgan fingerprint density at radius 2 is 2.06 bits per heavy atom. The van der Waals surface area contributed by atoms with Gasteiger partial charge in [0.2, 0.25) is 0 Å². The summed E-state index contributed by atoms with van der Waals surface area (Å²) < 4.78 is 43.5. The third-order valence-corrected chi connectivity index (χ3v) is 6.29. The standard InChI is InChI=1S/C19H15Cl2F3N6OS/c1-3-29-12(10(20)8-25-29)9-28(2)18(31)16-15(21)17-26-11(13-5-4-6-32-13)7-14(19(22,23)24)30(17)27-16/h4-8H,3,9H2,1-2H3. The number of aryl methyl sites for hydroxylation is 1. The topological polar surface area (TPSA) is 68.3 Å². The van der Waals surface area contributed by atoms with Crippen LogP contribution in [0.25, 0.3) is 16.2 Å². The molecule has 0 aliphatic heterocycles. The second kappa shape index (κ2) is 8.38. The quantitative estimate of drug-likeness (QED) is 0.372. The van der Waals surface area contributed by atoms with Crippen LogP contribution in [0, 0.1) is 0 Å². The maximum Gasteiger partial charge on any atom is 0.433 e. The molecule has 4 rings (SSSR count). The van der Waals surface area contributed by atoms with Gasteiger partial charge in [-0.15, -0.1) is 11.3 Å². The van der Waals surface area contributed by atoms with Gasteiger partial charge >= 0.3 is 6.18 Å². The minimum Gasteiger partial charge on any atom is -0.334 e. The first-order chi connectivity index (χ1) is 15.1. The maximum atomic E-state index is 13.8. The Bertz CT molecular complexity index is 1300. The molecule has 0 N–H and O–H groups in total. The smallest absolute Gasteiger partial charge is 0.334 e. The lowest BCUT2D eigenvalue weighted by Crippen LogP contribution is -2.28. The molecule has 0 aromatic carbocycles.